The summed E-state index contributed by atoms with van der Waals surface area (Å²) >= 11 is 1.33. The summed E-state index contributed by atoms with van der Waals surface area (Å²) in [5.41, 5.74) is 2.15. The molecule has 0 radical (unpaired) electrons. The molecular weight excluding hydrogens is 318 g/mol. The zero-order chi connectivity index (χ0) is 16.4. The van der Waals surface area contributed by atoms with Crippen molar-refractivity contribution in [3.05, 3.63) is 70.7 Å². The second-order valence-electron chi connectivity index (χ2n) is 4.98. The van der Waals surface area contributed by atoms with E-state index in [1.54, 1.807) is 5.38 Å². The van der Waals surface area contributed by atoms with Crippen molar-refractivity contribution in [2.24, 2.45) is 0 Å². The van der Waals surface area contributed by atoms with Crippen LogP contribution in [0.1, 0.15) is 16.1 Å². The maximum atomic E-state index is 13.6. The van der Waals surface area contributed by atoms with Crippen LogP contribution in [0.5, 0.6) is 0 Å². The van der Waals surface area contributed by atoms with Crippen LogP contribution in [0.2, 0.25) is 0 Å². The maximum absolute atomic E-state index is 13.6. The van der Waals surface area contributed by atoms with Crippen molar-refractivity contribution in [3.63, 3.8) is 0 Å². The third kappa shape index (κ3) is 3.43. The first-order chi connectivity index (χ1) is 11.0. The van der Waals surface area contributed by atoms with Gasteiger partial charge in [0, 0.05) is 17.0 Å². The van der Waals surface area contributed by atoms with Crippen LogP contribution in [-0.2, 0) is 0 Å². The molecule has 2 aromatic carbocycles. The van der Waals surface area contributed by atoms with Gasteiger partial charge in [-0.05, 0) is 19.1 Å². The first-order valence-corrected chi connectivity index (χ1v) is 7.70. The second kappa shape index (κ2) is 6.26. The van der Waals surface area contributed by atoms with E-state index in [1.165, 1.54) is 17.4 Å². The Morgan fingerprint density at radius 3 is 2.57 bits per heavy atom. The van der Waals surface area contributed by atoms with E-state index in [-0.39, 0.29) is 11.4 Å². The molecule has 3 aromatic rings. The van der Waals surface area contributed by atoms with Crippen LogP contribution in [0.3, 0.4) is 0 Å². The lowest BCUT2D eigenvalue weighted by Crippen LogP contribution is -2.13. The van der Waals surface area contributed by atoms with Crippen LogP contribution in [0, 0.1) is 18.6 Å². The highest BCUT2D eigenvalue weighted by atomic mass is 32.1. The molecule has 116 valence electrons. The molecule has 0 aliphatic heterocycles. The van der Waals surface area contributed by atoms with Gasteiger partial charge >= 0.3 is 0 Å². The molecule has 0 saturated heterocycles. The van der Waals surface area contributed by atoms with Crippen molar-refractivity contribution in [3.8, 4) is 10.6 Å². The normalized spacial score (nSPS) is 10.6. The number of carbonyl (C=O) groups excluding carboxylic acids is 1. The highest BCUT2D eigenvalue weighted by molar-refractivity contribution is 7.13. The molecule has 3 rings (SSSR count). The number of aromatic nitrogens is 1. The molecule has 0 unspecified atom stereocenters. The van der Waals surface area contributed by atoms with Gasteiger partial charge in [-0.3, -0.25) is 4.79 Å². The number of hydrogen-bond acceptors (Lipinski definition) is 3. The minimum absolute atomic E-state index is 0.0821. The predicted octanol–water partition coefficient (Wildman–Crippen LogP) is 4.65. The zero-order valence-corrected chi connectivity index (χ0v) is 13.0. The van der Waals surface area contributed by atoms with Crippen LogP contribution in [0.15, 0.2) is 47.8 Å². The number of carbonyl (C=O) groups is 1. The number of aryl methyl sites for hydroxylation is 1. The van der Waals surface area contributed by atoms with E-state index in [0.29, 0.717) is 11.1 Å². The monoisotopic (exact) mass is 330 g/mol. The molecule has 0 fully saturated rings. The molecule has 0 bridgehead atoms. The number of benzene rings is 2. The fourth-order valence-electron chi connectivity index (χ4n) is 1.98. The number of anilines is 1. The van der Waals surface area contributed by atoms with Crippen molar-refractivity contribution < 1.29 is 13.6 Å². The first kappa shape index (κ1) is 15.3. The lowest BCUT2D eigenvalue weighted by Gasteiger charge is -2.04. The Bertz CT molecular complexity index is 859. The first-order valence-electron chi connectivity index (χ1n) is 6.82. The molecule has 6 heteroatoms. The summed E-state index contributed by atoms with van der Waals surface area (Å²) < 4.78 is 26.4. The van der Waals surface area contributed by atoms with Gasteiger partial charge in [0.1, 0.15) is 22.3 Å². The Morgan fingerprint density at radius 1 is 1.13 bits per heavy atom. The van der Waals surface area contributed by atoms with E-state index in [2.05, 4.69) is 10.3 Å². The van der Waals surface area contributed by atoms with Crippen molar-refractivity contribution in [2.75, 3.05) is 5.32 Å². The molecule has 0 spiro atoms. The summed E-state index contributed by atoms with van der Waals surface area (Å²) in [7, 11) is 0. The van der Waals surface area contributed by atoms with E-state index in [1.807, 2.05) is 31.2 Å². The average molecular weight is 330 g/mol. The van der Waals surface area contributed by atoms with Gasteiger partial charge in [0.05, 0.1) is 5.69 Å². The maximum Gasteiger partial charge on any atom is 0.275 e. The van der Waals surface area contributed by atoms with Gasteiger partial charge in [-0.2, -0.15) is 0 Å². The molecular formula is C17H12F2N2OS. The topological polar surface area (TPSA) is 42.0 Å². The van der Waals surface area contributed by atoms with Gasteiger partial charge < -0.3 is 5.32 Å². The van der Waals surface area contributed by atoms with E-state index in [9.17, 15) is 13.6 Å². The smallest absolute Gasteiger partial charge is 0.275 e. The minimum Gasteiger partial charge on any atom is -0.318 e. The molecule has 0 atom stereocenters. The van der Waals surface area contributed by atoms with Gasteiger partial charge in [-0.1, -0.05) is 29.8 Å². The van der Waals surface area contributed by atoms with E-state index >= 15 is 0 Å². The average Bonchev–Trinajstić information content (AvgIpc) is 3.01. The summed E-state index contributed by atoms with van der Waals surface area (Å²) in [4.78, 5) is 16.4. The van der Waals surface area contributed by atoms with E-state index in [0.717, 1.165) is 17.2 Å². The van der Waals surface area contributed by atoms with E-state index in [4.69, 9.17) is 0 Å². The zero-order valence-electron chi connectivity index (χ0n) is 12.1. The standard InChI is InChI=1S/C17H12F2N2OS/c1-10-2-4-11(5-3-10)17-21-15(9-23-17)16(22)20-14-7-6-12(18)8-13(14)19/h2-9H,1H3,(H,20,22). The van der Waals surface area contributed by atoms with Crippen molar-refractivity contribution in [1.29, 1.82) is 0 Å². The molecule has 1 N–H and O–H groups in total. The minimum atomic E-state index is -0.827. The Balaban J connectivity index is 1.79. The van der Waals surface area contributed by atoms with Crippen LogP contribution >= 0.6 is 11.3 Å². The summed E-state index contributed by atoms with van der Waals surface area (Å²) in [6, 6.07) is 10.8. The summed E-state index contributed by atoms with van der Waals surface area (Å²) in [5, 5.41) is 4.70. The molecule has 23 heavy (non-hydrogen) atoms. The fourth-order valence-corrected chi connectivity index (χ4v) is 2.79. The molecule has 1 amide bonds. The lowest BCUT2D eigenvalue weighted by atomic mass is 10.2. The molecule has 0 aliphatic carbocycles. The van der Waals surface area contributed by atoms with E-state index < -0.39 is 17.5 Å². The van der Waals surface area contributed by atoms with Gasteiger partial charge in [0.25, 0.3) is 5.91 Å². The molecule has 1 heterocycles. The largest absolute Gasteiger partial charge is 0.318 e. The molecule has 1 aromatic heterocycles. The van der Waals surface area contributed by atoms with Crippen LogP contribution < -0.4 is 5.32 Å². The SMILES string of the molecule is Cc1ccc(-c2nc(C(=O)Nc3ccc(F)cc3F)cs2)cc1. The number of rotatable bonds is 3. The van der Waals surface area contributed by atoms with Crippen LogP contribution in [0.4, 0.5) is 14.5 Å². The number of nitrogens with zero attached hydrogens (tertiary/aromatic N) is 1. The summed E-state index contributed by atoms with van der Waals surface area (Å²) in [5.74, 6) is -2.06. The number of nitrogens with one attached hydrogen (secondary N) is 1. The van der Waals surface area contributed by atoms with Gasteiger partial charge in [0.2, 0.25) is 0 Å². The second-order valence-corrected chi connectivity index (χ2v) is 5.84. The number of hydrogen-bond donors (Lipinski definition) is 1. The van der Waals surface area contributed by atoms with Crippen molar-refractivity contribution >= 4 is 22.9 Å². The Hall–Kier alpha value is -2.60. The molecule has 3 nitrogen and oxygen atoms in total. The highest BCUT2D eigenvalue weighted by Gasteiger charge is 2.14. The predicted molar refractivity (Wildman–Crippen MR) is 86.6 cm³/mol. The Kier molecular flexibility index (Phi) is 4.16. The third-order valence-electron chi connectivity index (χ3n) is 3.21. The lowest BCUT2D eigenvalue weighted by molar-refractivity contribution is 0.102. The Labute approximate surface area is 135 Å². The van der Waals surface area contributed by atoms with Crippen molar-refractivity contribution in [2.45, 2.75) is 6.92 Å². The highest BCUT2D eigenvalue weighted by Crippen LogP contribution is 2.24. The fraction of sp³-hybridized carbons (Fsp3) is 0.0588. The summed E-state index contributed by atoms with van der Waals surface area (Å²) in [6.07, 6.45) is 0. The molecule has 0 saturated carbocycles. The van der Waals surface area contributed by atoms with Gasteiger partial charge in [-0.25, -0.2) is 13.8 Å². The number of amides is 1. The van der Waals surface area contributed by atoms with Gasteiger partial charge in [-0.15, -0.1) is 11.3 Å². The quantitative estimate of drug-likeness (QED) is 0.759. The Morgan fingerprint density at radius 2 is 1.87 bits per heavy atom. The number of halogens is 2. The third-order valence-corrected chi connectivity index (χ3v) is 4.11. The van der Waals surface area contributed by atoms with Crippen molar-refractivity contribution in [1.82, 2.24) is 4.98 Å². The van der Waals surface area contributed by atoms with Crippen LogP contribution in [-0.4, -0.2) is 10.9 Å². The van der Waals surface area contributed by atoms with Crippen LogP contribution in [0.25, 0.3) is 10.6 Å². The summed E-state index contributed by atoms with van der Waals surface area (Å²) in [6.45, 7) is 1.99. The number of thiazole rings is 1. The van der Waals surface area contributed by atoms with Gasteiger partial charge in [0.15, 0.2) is 0 Å². The molecule has 0 aliphatic rings.